The van der Waals surface area contributed by atoms with Crippen molar-refractivity contribution in [3.63, 3.8) is 0 Å². The largest absolute Gasteiger partial charge is 0.496 e. The van der Waals surface area contributed by atoms with E-state index in [2.05, 4.69) is 0 Å². The molecule has 1 atom stereocenters. The van der Waals surface area contributed by atoms with Crippen molar-refractivity contribution in [2.24, 2.45) is 0 Å². The second-order valence-electron chi connectivity index (χ2n) is 5.38. The predicted molar refractivity (Wildman–Crippen MR) is 93.0 cm³/mol. The molecule has 0 bridgehead atoms. The molecule has 5 heteroatoms. The first-order chi connectivity index (χ1) is 11.5. The molecule has 0 radical (unpaired) electrons. The fourth-order valence-corrected chi connectivity index (χ4v) is 2.64. The number of amides is 1. The number of nitrogens with zero attached hydrogens (tertiary/aromatic N) is 1. The second kappa shape index (κ2) is 7.73. The van der Waals surface area contributed by atoms with Crippen molar-refractivity contribution in [3.8, 4) is 17.2 Å². The Bertz CT molecular complexity index is 714. The fraction of sp³-hybridized carbons (Fsp3) is 0.316. The third-order valence-electron chi connectivity index (χ3n) is 4.12. The van der Waals surface area contributed by atoms with Gasteiger partial charge < -0.3 is 19.1 Å². The molecule has 24 heavy (non-hydrogen) atoms. The molecule has 0 aliphatic heterocycles. The molecular weight excluding hydrogens is 306 g/mol. The van der Waals surface area contributed by atoms with Gasteiger partial charge in [-0.2, -0.15) is 0 Å². The first kappa shape index (κ1) is 17.7. The maximum absolute atomic E-state index is 13.0. The molecule has 0 heterocycles. The lowest BCUT2D eigenvalue weighted by atomic mass is 10.0. The summed E-state index contributed by atoms with van der Waals surface area (Å²) in [6.45, 7) is 1.96. The van der Waals surface area contributed by atoms with Crippen molar-refractivity contribution in [1.82, 2.24) is 4.90 Å². The maximum Gasteiger partial charge on any atom is 0.258 e. The van der Waals surface area contributed by atoms with Crippen molar-refractivity contribution >= 4 is 5.91 Å². The molecule has 0 aromatic heterocycles. The van der Waals surface area contributed by atoms with Crippen LogP contribution in [0.4, 0.5) is 0 Å². The number of benzene rings is 2. The summed E-state index contributed by atoms with van der Waals surface area (Å²) in [5.41, 5.74) is 1.40. The summed E-state index contributed by atoms with van der Waals surface area (Å²) in [5.74, 6) is 1.57. The second-order valence-corrected chi connectivity index (χ2v) is 5.38. The van der Waals surface area contributed by atoms with Crippen LogP contribution in [0.2, 0.25) is 0 Å². The molecule has 1 amide bonds. The molecule has 0 N–H and O–H groups in total. The monoisotopic (exact) mass is 329 g/mol. The highest BCUT2D eigenvalue weighted by molar-refractivity contribution is 5.98. The summed E-state index contributed by atoms with van der Waals surface area (Å²) in [5, 5.41) is 0. The van der Waals surface area contributed by atoms with Gasteiger partial charge in [-0.1, -0.05) is 24.3 Å². The van der Waals surface area contributed by atoms with Gasteiger partial charge in [0, 0.05) is 12.6 Å². The minimum atomic E-state index is -0.162. The minimum absolute atomic E-state index is 0.149. The van der Waals surface area contributed by atoms with Crippen LogP contribution in [0.15, 0.2) is 42.5 Å². The minimum Gasteiger partial charge on any atom is -0.496 e. The summed E-state index contributed by atoms with van der Waals surface area (Å²) in [6, 6.07) is 12.8. The van der Waals surface area contributed by atoms with E-state index in [0.29, 0.717) is 17.1 Å². The molecule has 0 spiro atoms. The molecular formula is C19H23NO4. The zero-order valence-corrected chi connectivity index (χ0v) is 14.7. The van der Waals surface area contributed by atoms with E-state index in [-0.39, 0.29) is 11.9 Å². The Morgan fingerprint density at radius 2 is 1.54 bits per heavy atom. The van der Waals surface area contributed by atoms with Crippen LogP contribution < -0.4 is 14.2 Å². The topological polar surface area (TPSA) is 48.0 Å². The summed E-state index contributed by atoms with van der Waals surface area (Å²) in [7, 11) is 6.46. The molecule has 0 saturated heterocycles. The number of hydrogen-bond donors (Lipinski definition) is 0. The van der Waals surface area contributed by atoms with Gasteiger partial charge in [-0.3, -0.25) is 4.79 Å². The van der Waals surface area contributed by atoms with E-state index in [1.54, 1.807) is 44.4 Å². The van der Waals surface area contributed by atoms with Gasteiger partial charge >= 0.3 is 0 Å². The Kier molecular flexibility index (Phi) is 5.68. The average Bonchev–Trinajstić information content (AvgIpc) is 2.65. The van der Waals surface area contributed by atoms with E-state index in [1.165, 1.54) is 7.11 Å². The standard InChI is InChI=1S/C19H23NO4/c1-13(14-9-6-7-11-16(14)22-3)20(2)19(21)15-10-8-12-17(23-4)18(15)24-5/h6-13H,1-5H3. The van der Waals surface area contributed by atoms with Gasteiger partial charge in [-0.15, -0.1) is 0 Å². The Morgan fingerprint density at radius 3 is 2.17 bits per heavy atom. The van der Waals surface area contributed by atoms with Gasteiger partial charge in [0.2, 0.25) is 0 Å². The van der Waals surface area contributed by atoms with Gasteiger partial charge in [0.15, 0.2) is 11.5 Å². The molecule has 128 valence electrons. The van der Waals surface area contributed by atoms with Crippen LogP contribution in [0.5, 0.6) is 17.2 Å². The van der Waals surface area contributed by atoms with Crippen molar-refractivity contribution in [2.75, 3.05) is 28.4 Å². The third-order valence-corrected chi connectivity index (χ3v) is 4.12. The number of carbonyl (C=O) groups excluding carboxylic acids is 1. The van der Waals surface area contributed by atoms with Crippen LogP contribution in [0.25, 0.3) is 0 Å². The lowest BCUT2D eigenvalue weighted by Crippen LogP contribution is -2.30. The Balaban J connectivity index is 2.36. The zero-order valence-electron chi connectivity index (χ0n) is 14.7. The van der Waals surface area contributed by atoms with Crippen LogP contribution >= 0.6 is 0 Å². The summed E-state index contributed by atoms with van der Waals surface area (Å²) < 4.78 is 16.0. The van der Waals surface area contributed by atoms with Gasteiger partial charge in [-0.25, -0.2) is 0 Å². The van der Waals surface area contributed by atoms with E-state index in [9.17, 15) is 4.79 Å². The molecule has 2 aromatic carbocycles. The number of ether oxygens (including phenoxy) is 3. The highest BCUT2D eigenvalue weighted by Gasteiger charge is 2.25. The Labute approximate surface area is 142 Å². The van der Waals surface area contributed by atoms with Crippen molar-refractivity contribution < 1.29 is 19.0 Å². The van der Waals surface area contributed by atoms with Gasteiger partial charge in [0.25, 0.3) is 5.91 Å². The number of methoxy groups -OCH3 is 3. The average molecular weight is 329 g/mol. The Morgan fingerprint density at radius 1 is 0.917 bits per heavy atom. The normalized spacial score (nSPS) is 11.5. The molecule has 0 aliphatic rings. The van der Waals surface area contributed by atoms with Gasteiger partial charge in [0.1, 0.15) is 5.75 Å². The first-order valence-electron chi connectivity index (χ1n) is 7.66. The van der Waals surface area contributed by atoms with E-state index in [1.807, 2.05) is 31.2 Å². The summed E-state index contributed by atoms with van der Waals surface area (Å²) >= 11 is 0. The molecule has 0 aliphatic carbocycles. The SMILES string of the molecule is COc1ccccc1C(C)N(C)C(=O)c1cccc(OC)c1OC. The highest BCUT2D eigenvalue weighted by Crippen LogP contribution is 2.34. The van der Waals surface area contributed by atoms with Crippen molar-refractivity contribution in [1.29, 1.82) is 0 Å². The summed E-state index contributed by atoms with van der Waals surface area (Å²) in [6.07, 6.45) is 0. The van der Waals surface area contributed by atoms with E-state index >= 15 is 0 Å². The van der Waals surface area contributed by atoms with E-state index < -0.39 is 0 Å². The quantitative estimate of drug-likeness (QED) is 0.813. The highest BCUT2D eigenvalue weighted by atomic mass is 16.5. The molecule has 2 rings (SSSR count). The molecule has 5 nitrogen and oxygen atoms in total. The van der Waals surface area contributed by atoms with Gasteiger partial charge in [0.05, 0.1) is 32.9 Å². The number of rotatable bonds is 6. The van der Waals surface area contributed by atoms with Crippen molar-refractivity contribution in [2.45, 2.75) is 13.0 Å². The molecule has 0 fully saturated rings. The summed E-state index contributed by atoms with van der Waals surface area (Å²) in [4.78, 5) is 14.6. The number of carbonyl (C=O) groups is 1. The number of para-hydroxylation sites is 2. The van der Waals surface area contributed by atoms with Crippen LogP contribution in [0.3, 0.4) is 0 Å². The fourth-order valence-electron chi connectivity index (χ4n) is 2.64. The number of hydrogen-bond acceptors (Lipinski definition) is 4. The molecule has 2 aromatic rings. The Hall–Kier alpha value is -2.69. The smallest absolute Gasteiger partial charge is 0.258 e. The van der Waals surface area contributed by atoms with Gasteiger partial charge in [-0.05, 0) is 25.1 Å². The van der Waals surface area contributed by atoms with Crippen molar-refractivity contribution in [3.05, 3.63) is 53.6 Å². The van der Waals surface area contributed by atoms with Crippen LogP contribution in [-0.2, 0) is 0 Å². The molecule has 0 saturated carbocycles. The lowest BCUT2D eigenvalue weighted by Gasteiger charge is -2.27. The first-order valence-corrected chi connectivity index (χ1v) is 7.66. The van der Waals surface area contributed by atoms with Crippen LogP contribution in [0, 0.1) is 0 Å². The van der Waals surface area contributed by atoms with Crippen LogP contribution in [0.1, 0.15) is 28.9 Å². The molecule has 1 unspecified atom stereocenters. The van der Waals surface area contributed by atoms with E-state index in [0.717, 1.165) is 11.3 Å². The predicted octanol–water partition coefficient (Wildman–Crippen LogP) is 3.55. The maximum atomic E-state index is 13.0. The lowest BCUT2D eigenvalue weighted by molar-refractivity contribution is 0.0737. The van der Waals surface area contributed by atoms with Crippen LogP contribution in [-0.4, -0.2) is 39.2 Å². The third kappa shape index (κ3) is 3.30. The zero-order chi connectivity index (χ0) is 17.7. The van der Waals surface area contributed by atoms with E-state index in [4.69, 9.17) is 14.2 Å².